The van der Waals surface area contributed by atoms with Gasteiger partial charge in [0.1, 0.15) is 5.82 Å². The molecule has 0 unspecified atom stereocenters. The van der Waals surface area contributed by atoms with Crippen LogP contribution in [0, 0.1) is 0 Å². The van der Waals surface area contributed by atoms with E-state index in [2.05, 4.69) is 5.10 Å². The third-order valence-electron chi connectivity index (χ3n) is 3.41. The Morgan fingerprint density at radius 3 is 2.89 bits per heavy atom. The molecule has 0 fully saturated rings. The Labute approximate surface area is 105 Å². The minimum atomic E-state index is -0.0204. The zero-order valence-electron chi connectivity index (χ0n) is 10.2. The van der Waals surface area contributed by atoms with Crippen molar-refractivity contribution in [2.75, 3.05) is 5.73 Å². The highest BCUT2D eigenvalue weighted by atomic mass is 16.2. The second-order valence-corrected chi connectivity index (χ2v) is 4.66. The van der Waals surface area contributed by atoms with Gasteiger partial charge in [0.05, 0.1) is 6.54 Å². The van der Waals surface area contributed by atoms with Crippen molar-refractivity contribution in [1.82, 2.24) is 14.3 Å². The number of nitrogens with two attached hydrogens (primary N) is 1. The Bertz CT molecular complexity index is 626. The number of nitrogen functional groups attached to an aromatic ring is 1. The van der Waals surface area contributed by atoms with Crippen molar-refractivity contribution in [2.24, 2.45) is 0 Å². The van der Waals surface area contributed by atoms with Gasteiger partial charge in [-0.15, -0.1) is 0 Å². The highest BCUT2D eigenvalue weighted by Gasteiger charge is 2.16. The minimum absolute atomic E-state index is 0.0204. The monoisotopic (exact) mass is 244 g/mol. The molecule has 94 valence electrons. The van der Waals surface area contributed by atoms with Crippen LogP contribution in [0.5, 0.6) is 0 Å². The molecule has 1 aliphatic rings. The van der Waals surface area contributed by atoms with Crippen molar-refractivity contribution in [3.05, 3.63) is 46.1 Å². The Morgan fingerprint density at radius 1 is 1.28 bits per heavy atom. The average Bonchev–Trinajstić information content (AvgIpc) is 2.70. The van der Waals surface area contributed by atoms with E-state index in [0.29, 0.717) is 12.2 Å². The van der Waals surface area contributed by atoms with E-state index in [1.165, 1.54) is 4.68 Å². The fourth-order valence-electron chi connectivity index (χ4n) is 2.39. The number of hydrogen-bond donors (Lipinski definition) is 1. The average molecular weight is 244 g/mol. The third-order valence-corrected chi connectivity index (χ3v) is 3.41. The number of nitrogens with zero attached hydrogens (tertiary/aromatic N) is 3. The van der Waals surface area contributed by atoms with Crippen molar-refractivity contribution in [3.63, 3.8) is 0 Å². The van der Waals surface area contributed by atoms with Crippen LogP contribution in [-0.2, 0) is 19.5 Å². The number of anilines is 1. The maximum Gasteiger partial charge on any atom is 0.346 e. The molecule has 0 radical (unpaired) electrons. The molecule has 5 heteroatoms. The van der Waals surface area contributed by atoms with Crippen molar-refractivity contribution >= 4 is 5.69 Å². The van der Waals surface area contributed by atoms with E-state index in [0.717, 1.165) is 37.2 Å². The van der Waals surface area contributed by atoms with E-state index >= 15 is 0 Å². The fraction of sp³-hybridized carbons (Fsp3) is 0.385. The molecule has 1 aliphatic heterocycles. The SMILES string of the molecule is Nc1ccccc1Cn1nc2n(c1=O)CCCC2. The first kappa shape index (κ1) is 11.1. The number of para-hydroxylation sites is 1. The number of benzene rings is 1. The number of rotatable bonds is 2. The van der Waals surface area contributed by atoms with E-state index in [1.807, 2.05) is 24.3 Å². The van der Waals surface area contributed by atoms with Crippen LogP contribution < -0.4 is 11.4 Å². The van der Waals surface area contributed by atoms with Gasteiger partial charge < -0.3 is 5.73 Å². The van der Waals surface area contributed by atoms with Crippen LogP contribution in [0.2, 0.25) is 0 Å². The Hall–Kier alpha value is -2.04. The quantitative estimate of drug-likeness (QED) is 0.802. The summed E-state index contributed by atoms with van der Waals surface area (Å²) in [6.45, 7) is 1.24. The van der Waals surface area contributed by atoms with Gasteiger partial charge >= 0.3 is 5.69 Å². The zero-order chi connectivity index (χ0) is 12.5. The first-order chi connectivity index (χ1) is 8.75. The molecule has 3 rings (SSSR count). The van der Waals surface area contributed by atoms with Gasteiger partial charge in [0.15, 0.2) is 0 Å². The van der Waals surface area contributed by atoms with Gasteiger partial charge in [-0.25, -0.2) is 9.48 Å². The smallest absolute Gasteiger partial charge is 0.346 e. The lowest BCUT2D eigenvalue weighted by atomic mass is 10.2. The van der Waals surface area contributed by atoms with Crippen molar-refractivity contribution in [1.29, 1.82) is 0 Å². The fourth-order valence-corrected chi connectivity index (χ4v) is 2.39. The summed E-state index contributed by atoms with van der Waals surface area (Å²) >= 11 is 0. The van der Waals surface area contributed by atoms with Crippen LogP contribution in [0.3, 0.4) is 0 Å². The molecule has 5 nitrogen and oxygen atoms in total. The topological polar surface area (TPSA) is 65.8 Å². The zero-order valence-corrected chi connectivity index (χ0v) is 10.2. The van der Waals surface area contributed by atoms with Gasteiger partial charge in [0.25, 0.3) is 0 Å². The summed E-state index contributed by atoms with van der Waals surface area (Å²) < 4.78 is 3.30. The van der Waals surface area contributed by atoms with E-state index < -0.39 is 0 Å². The van der Waals surface area contributed by atoms with Gasteiger partial charge in [0, 0.05) is 18.7 Å². The largest absolute Gasteiger partial charge is 0.398 e. The molecule has 2 heterocycles. The maximum absolute atomic E-state index is 12.2. The normalized spacial score (nSPS) is 14.4. The molecule has 0 aliphatic carbocycles. The molecule has 0 bridgehead atoms. The lowest BCUT2D eigenvalue weighted by Crippen LogP contribution is -2.27. The van der Waals surface area contributed by atoms with E-state index in [4.69, 9.17) is 5.73 Å². The second-order valence-electron chi connectivity index (χ2n) is 4.66. The van der Waals surface area contributed by atoms with Gasteiger partial charge in [0.2, 0.25) is 0 Å². The molecular weight excluding hydrogens is 228 g/mol. The molecule has 2 N–H and O–H groups in total. The predicted molar refractivity (Wildman–Crippen MR) is 69.4 cm³/mol. The van der Waals surface area contributed by atoms with Gasteiger partial charge in [-0.05, 0) is 24.5 Å². The Morgan fingerprint density at radius 2 is 2.11 bits per heavy atom. The summed E-state index contributed by atoms with van der Waals surface area (Å²) in [6, 6.07) is 7.59. The van der Waals surface area contributed by atoms with Crippen LogP contribution >= 0.6 is 0 Å². The Kier molecular flexibility index (Phi) is 2.66. The van der Waals surface area contributed by atoms with Crippen LogP contribution in [-0.4, -0.2) is 14.3 Å². The van der Waals surface area contributed by atoms with Crippen molar-refractivity contribution < 1.29 is 0 Å². The molecule has 0 atom stereocenters. The van der Waals surface area contributed by atoms with Gasteiger partial charge in [-0.2, -0.15) is 5.10 Å². The van der Waals surface area contributed by atoms with Crippen LogP contribution in [0.1, 0.15) is 24.2 Å². The molecule has 1 aromatic heterocycles. The molecule has 0 amide bonds. The highest BCUT2D eigenvalue weighted by molar-refractivity contribution is 5.46. The van der Waals surface area contributed by atoms with E-state index in [1.54, 1.807) is 4.57 Å². The lowest BCUT2D eigenvalue weighted by Gasteiger charge is -2.09. The number of fused-ring (bicyclic) bond motifs is 1. The standard InChI is InChI=1S/C13H16N4O/c14-11-6-2-1-5-10(11)9-17-13(18)16-8-4-3-7-12(16)15-17/h1-2,5-6H,3-4,7-9,14H2. The molecule has 0 saturated carbocycles. The summed E-state index contributed by atoms with van der Waals surface area (Å²) in [7, 11) is 0. The van der Waals surface area contributed by atoms with Gasteiger partial charge in [-0.1, -0.05) is 18.2 Å². The number of hydrogen-bond acceptors (Lipinski definition) is 3. The van der Waals surface area contributed by atoms with Crippen LogP contribution in [0.25, 0.3) is 0 Å². The van der Waals surface area contributed by atoms with Crippen molar-refractivity contribution in [2.45, 2.75) is 32.4 Å². The first-order valence-corrected chi connectivity index (χ1v) is 6.25. The molecule has 0 saturated heterocycles. The third kappa shape index (κ3) is 1.81. The highest BCUT2D eigenvalue weighted by Crippen LogP contribution is 2.13. The Balaban J connectivity index is 1.97. The summed E-state index contributed by atoms with van der Waals surface area (Å²) in [6.07, 6.45) is 3.07. The first-order valence-electron chi connectivity index (χ1n) is 6.25. The maximum atomic E-state index is 12.2. The molecular formula is C13H16N4O. The van der Waals surface area contributed by atoms with E-state index in [-0.39, 0.29) is 5.69 Å². The number of aromatic nitrogens is 3. The predicted octanol–water partition coefficient (Wildman–Crippen LogP) is 1.01. The molecule has 1 aromatic carbocycles. The van der Waals surface area contributed by atoms with Crippen molar-refractivity contribution in [3.8, 4) is 0 Å². The van der Waals surface area contributed by atoms with Gasteiger partial charge in [-0.3, -0.25) is 4.57 Å². The summed E-state index contributed by atoms with van der Waals surface area (Å²) in [4.78, 5) is 12.2. The molecule has 0 spiro atoms. The summed E-state index contributed by atoms with van der Waals surface area (Å²) in [5.41, 5.74) is 7.51. The summed E-state index contributed by atoms with van der Waals surface area (Å²) in [5.74, 6) is 0.903. The molecule has 2 aromatic rings. The van der Waals surface area contributed by atoms with E-state index in [9.17, 15) is 4.79 Å². The number of aryl methyl sites for hydroxylation is 1. The molecule has 18 heavy (non-hydrogen) atoms. The van der Waals surface area contributed by atoms with Crippen LogP contribution in [0.15, 0.2) is 29.1 Å². The minimum Gasteiger partial charge on any atom is -0.398 e. The van der Waals surface area contributed by atoms with Crippen LogP contribution in [0.4, 0.5) is 5.69 Å². The second kappa shape index (κ2) is 4.33. The summed E-state index contributed by atoms with van der Waals surface area (Å²) in [5, 5.41) is 4.40. The lowest BCUT2D eigenvalue weighted by molar-refractivity contribution is 0.511.